The van der Waals surface area contributed by atoms with Crippen molar-refractivity contribution in [2.45, 2.75) is 11.4 Å². The average molecular weight is 395 g/mol. The van der Waals surface area contributed by atoms with E-state index >= 15 is 0 Å². The van der Waals surface area contributed by atoms with Gasteiger partial charge in [-0.1, -0.05) is 41.4 Å². The molecule has 0 radical (unpaired) electrons. The van der Waals surface area contributed by atoms with Crippen LogP contribution in [0.1, 0.15) is 5.56 Å². The molecule has 2 aromatic carbocycles. The van der Waals surface area contributed by atoms with Crippen LogP contribution in [-0.2, 0) is 6.54 Å². The summed E-state index contributed by atoms with van der Waals surface area (Å²) in [5.74, 6) is 0.0776. The zero-order chi connectivity index (χ0) is 17.6. The van der Waals surface area contributed by atoms with Crippen molar-refractivity contribution >= 4 is 46.7 Å². The van der Waals surface area contributed by atoms with Gasteiger partial charge < -0.3 is 10.0 Å². The first kappa shape index (κ1) is 17.8. The van der Waals surface area contributed by atoms with Gasteiger partial charge in [-0.2, -0.15) is 0 Å². The molecule has 2 N–H and O–H groups in total. The van der Waals surface area contributed by atoms with Gasteiger partial charge in [-0.05, 0) is 41.8 Å². The fourth-order valence-electron chi connectivity index (χ4n) is 2.04. The smallest absolute Gasteiger partial charge is 0.159 e. The molecule has 4 nitrogen and oxygen atoms in total. The van der Waals surface area contributed by atoms with Crippen molar-refractivity contribution in [2.75, 3.05) is 10.0 Å². The third kappa shape index (κ3) is 4.54. The number of aromatic nitrogens is 2. The van der Waals surface area contributed by atoms with Crippen molar-refractivity contribution < 1.29 is 4.39 Å². The van der Waals surface area contributed by atoms with Crippen molar-refractivity contribution in [1.29, 1.82) is 0 Å². The Hall–Kier alpha value is -2.02. The first-order chi connectivity index (χ1) is 12.1. The number of benzene rings is 2. The van der Waals surface area contributed by atoms with Crippen LogP contribution in [0.15, 0.2) is 59.9 Å². The van der Waals surface area contributed by atoms with Gasteiger partial charge >= 0.3 is 0 Å². The molecule has 0 amide bonds. The van der Waals surface area contributed by atoms with Gasteiger partial charge in [0.25, 0.3) is 0 Å². The van der Waals surface area contributed by atoms with E-state index in [-0.39, 0.29) is 5.02 Å². The molecule has 0 aliphatic rings. The monoisotopic (exact) mass is 394 g/mol. The van der Waals surface area contributed by atoms with E-state index in [1.54, 1.807) is 30.5 Å². The summed E-state index contributed by atoms with van der Waals surface area (Å²) >= 11 is 13.4. The molecule has 0 aliphatic carbocycles. The van der Waals surface area contributed by atoms with Gasteiger partial charge in [0.1, 0.15) is 17.2 Å². The SMILES string of the molecule is Fc1c(SNc2ccncn2)ccc(NCc2ccccc2Cl)c1Cl. The number of nitrogens with one attached hydrogen (secondary N) is 2. The van der Waals surface area contributed by atoms with Gasteiger partial charge in [-0.3, -0.25) is 0 Å². The van der Waals surface area contributed by atoms with Gasteiger partial charge in [0.15, 0.2) is 5.82 Å². The van der Waals surface area contributed by atoms with E-state index in [0.29, 0.717) is 28.0 Å². The summed E-state index contributed by atoms with van der Waals surface area (Å²) in [6, 6.07) is 12.5. The fourth-order valence-corrected chi connectivity index (χ4v) is 3.19. The molecule has 1 aromatic heterocycles. The van der Waals surface area contributed by atoms with Gasteiger partial charge in [-0.25, -0.2) is 14.4 Å². The Morgan fingerprint density at radius 3 is 2.68 bits per heavy atom. The van der Waals surface area contributed by atoms with E-state index in [9.17, 15) is 4.39 Å². The zero-order valence-electron chi connectivity index (χ0n) is 12.8. The van der Waals surface area contributed by atoms with E-state index in [1.807, 2.05) is 18.2 Å². The molecule has 0 bridgehead atoms. The summed E-state index contributed by atoms with van der Waals surface area (Å²) in [6.45, 7) is 0.449. The maximum absolute atomic E-state index is 14.5. The lowest BCUT2D eigenvalue weighted by atomic mass is 10.2. The summed E-state index contributed by atoms with van der Waals surface area (Å²) in [5, 5.41) is 3.78. The molecule has 0 saturated carbocycles. The second-order valence-corrected chi connectivity index (χ2v) is 6.62. The Labute approximate surface area is 158 Å². The van der Waals surface area contributed by atoms with Crippen molar-refractivity contribution in [3.8, 4) is 0 Å². The lowest BCUT2D eigenvalue weighted by Gasteiger charge is -2.12. The van der Waals surface area contributed by atoms with Gasteiger partial charge in [-0.15, -0.1) is 0 Å². The second kappa shape index (κ2) is 8.38. The maximum atomic E-state index is 14.5. The second-order valence-electron chi connectivity index (χ2n) is 4.98. The van der Waals surface area contributed by atoms with Crippen LogP contribution in [0.2, 0.25) is 10.0 Å². The third-order valence-electron chi connectivity index (χ3n) is 3.32. The molecule has 1 heterocycles. The minimum Gasteiger partial charge on any atom is -0.380 e. The highest BCUT2D eigenvalue weighted by molar-refractivity contribution is 8.00. The molecule has 8 heteroatoms. The molecule has 0 unspecified atom stereocenters. The Bertz CT molecular complexity index is 865. The molecule has 0 aliphatic heterocycles. The van der Waals surface area contributed by atoms with Crippen LogP contribution in [0.5, 0.6) is 0 Å². The molecule has 3 aromatic rings. The van der Waals surface area contributed by atoms with E-state index in [0.717, 1.165) is 17.5 Å². The quantitative estimate of drug-likeness (QED) is 0.528. The van der Waals surface area contributed by atoms with Crippen molar-refractivity contribution in [3.05, 3.63) is 76.4 Å². The first-order valence-corrected chi connectivity index (χ1v) is 8.86. The summed E-state index contributed by atoms with van der Waals surface area (Å²) < 4.78 is 17.4. The number of nitrogens with zero attached hydrogens (tertiary/aromatic N) is 2. The molecule has 128 valence electrons. The van der Waals surface area contributed by atoms with Gasteiger partial charge in [0.2, 0.25) is 0 Å². The predicted molar refractivity (Wildman–Crippen MR) is 102 cm³/mol. The van der Waals surface area contributed by atoms with Crippen LogP contribution in [0.25, 0.3) is 0 Å². The summed E-state index contributed by atoms with van der Waals surface area (Å²) in [4.78, 5) is 8.20. The Balaban J connectivity index is 1.68. The molecule has 0 spiro atoms. The molecule has 25 heavy (non-hydrogen) atoms. The Morgan fingerprint density at radius 1 is 1.08 bits per heavy atom. The summed E-state index contributed by atoms with van der Waals surface area (Å²) in [7, 11) is 0. The van der Waals surface area contributed by atoms with Crippen LogP contribution < -0.4 is 10.0 Å². The lowest BCUT2D eigenvalue weighted by Crippen LogP contribution is -2.02. The first-order valence-electron chi connectivity index (χ1n) is 7.29. The Morgan fingerprint density at radius 2 is 1.92 bits per heavy atom. The molecule has 0 atom stereocenters. The van der Waals surface area contributed by atoms with Crippen molar-refractivity contribution in [2.24, 2.45) is 0 Å². The minimum absolute atomic E-state index is 0.0292. The summed E-state index contributed by atoms with van der Waals surface area (Å²) in [5.41, 5.74) is 1.41. The number of rotatable bonds is 6. The highest BCUT2D eigenvalue weighted by Crippen LogP contribution is 2.33. The standard InChI is InChI=1S/C17H13Cl2FN4S/c18-12-4-2-1-3-11(12)9-22-13-5-6-14(17(20)16(13)19)25-24-15-7-8-21-10-23-15/h1-8,10,22H,9H2,(H,21,23,24). The fraction of sp³-hybridized carbons (Fsp3) is 0.0588. The zero-order valence-corrected chi connectivity index (χ0v) is 15.2. The lowest BCUT2D eigenvalue weighted by molar-refractivity contribution is 0.603. The third-order valence-corrected chi connectivity index (χ3v) is 4.91. The van der Waals surface area contributed by atoms with E-state index in [2.05, 4.69) is 20.0 Å². The normalized spacial score (nSPS) is 10.5. The molecular weight excluding hydrogens is 382 g/mol. The van der Waals surface area contributed by atoms with E-state index in [1.165, 1.54) is 6.33 Å². The van der Waals surface area contributed by atoms with Crippen LogP contribution in [0, 0.1) is 5.82 Å². The van der Waals surface area contributed by atoms with E-state index < -0.39 is 5.82 Å². The Kier molecular flexibility index (Phi) is 5.96. The topological polar surface area (TPSA) is 49.8 Å². The van der Waals surface area contributed by atoms with Crippen molar-refractivity contribution in [3.63, 3.8) is 0 Å². The van der Waals surface area contributed by atoms with Crippen LogP contribution in [0.4, 0.5) is 15.9 Å². The summed E-state index contributed by atoms with van der Waals surface area (Å²) in [6.07, 6.45) is 3.01. The van der Waals surface area contributed by atoms with Crippen LogP contribution in [-0.4, -0.2) is 9.97 Å². The highest BCUT2D eigenvalue weighted by Gasteiger charge is 2.13. The molecule has 0 saturated heterocycles. The predicted octanol–water partition coefficient (Wildman–Crippen LogP) is 5.65. The maximum Gasteiger partial charge on any atom is 0.159 e. The highest BCUT2D eigenvalue weighted by atomic mass is 35.5. The van der Waals surface area contributed by atoms with Crippen LogP contribution in [0.3, 0.4) is 0 Å². The average Bonchev–Trinajstić information content (AvgIpc) is 2.64. The van der Waals surface area contributed by atoms with E-state index in [4.69, 9.17) is 23.2 Å². The number of hydrogen-bond donors (Lipinski definition) is 2. The number of anilines is 2. The number of halogens is 3. The molecule has 3 rings (SSSR count). The van der Waals surface area contributed by atoms with Crippen LogP contribution >= 0.6 is 35.1 Å². The van der Waals surface area contributed by atoms with Gasteiger partial charge in [0.05, 0.1) is 10.6 Å². The minimum atomic E-state index is -0.502. The van der Waals surface area contributed by atoms with Gasteiger partial charge in [0, 0.05) is 17.8 Å². The largest absolute Gasteiger partial charge is 0.380 e. The molecule has 0 fully saturated rings. The van der Waals surface area contributed by atoms with Crippen molar-refractivity contribution in [1.82, 2.24) is 9.97 Å². The number of hydrogen-bond acceptors (Lipinski definition) is 5. The molecular formula is C17H13Cl2FN4S.